The van der Waals surface area contributed by atoms with Crippen LogP contribution in [0.25, 0.3) is 0 Å². The number of hydrogen-bond acceptors (Lipinski definition) is 1. The summed E-state index contributed by atoms with van der Waals surface area (Å²) in [6, 6.07) is 5.66. The van der Waals surface area contributed by atoms with Gasteiger partial charge in [0, 0.05) is 22.5 Å². The molecule has 1 aromatic rings. The molecule has 1 aromatic carbocycles. The number of alkyl halides is 1. The molecule has 1 nitrogen and oxygen atoms in total. The van der Waals surface area contributed by atoms with E-state index in [1.54, 1.807) is 6.07 Å². The number of nitrogens with zero attached hydrogens (tertiary/aromatic N) is 1. The molecule has 0 saturated carbocycles. The molecule has 0 heterocycles. The molecule has 0 radical (unpaired) electrons. The van der Waals surface area contributed by atoms with Crippen LogP contribution in [0.4, 0.5) is 0 Å². The van der Waals surface area contributed by atoms with Crippen LogP contribution in [0.15, 0.2) is 18.2 Å². The van der Waals surface area contributed by atoms with Crippen molar-refractivity contribution >= 4 is 34.8 Å². The summed E-state index contributed by atoms with van der Waals surface area (Å²) in [6.07, 6.45) is 3.45. The number of hydrogen-bond donors (Lipinski definition) is 0. The fraction of sp³-hybridized carbons (Fsp3) is 0.538. The highest BCUT2D eigenvalue weighted by Gasteiger charge is 2.04. The number of rotatable bonds is 7. The highest BCUT2D eigenvalue weighted by molar-refractivity contribution is 6.35. The molecule has 0 spiro atoms. The monoisotopic (exact) mass is 293 g/mol. The Bertz CT molecular complexity index is 341. The fourth-order valence-electron chi connectivity index (χ4n) is 1.67. The van der Waals surface area contributed by atoms with E-state index in [2.05, 4.69) is 11.9 Å². The Hall–Kier alpha value is 0.0500. The zero-order chi connectivity index (χ0) is 12.7. The molecule has 0 fully saturated rings. The van der Waals surface area contributed by atoms with Crippen molar-refractivity contribution in [3.05, 3.63) is 33.8 Å². The second-order valence-electron chi connectivity index (χ2n) is 4.22. The average molecular weight is 295 g/mol. The average Bonchev–Trinajstić information content (AvgIpc) is 2.28. The fourth-order valence-corrected chi connectivity index (χ4v) is 2.33. The Balaban J connectivity index is 2.37. The molecule has 0 aliphatic carbocycles. The van der Waals surface area contributed by atoms with E-state index < -0.39 is 0 Å². The van der Waals surface area contributed by atoms with E-state index in [4.69, 9.17) is 34.8 Å². The first-order valence-electron chi connectivity index (χ1n) is 5.82. The summed E-state index contributed by atoms with van der Waals surface area (Å²) >= 11 is 17.6. The van der Waals surface area contributed by atoms with E-state index in [9.17, 15) is 0 Å². The summed E-state index contributed by atoms with van der Waals surface area (Å²) in [6.45, 7) is 1.92. The van der Waals surface area contributed by atoms with Gasteiger partial charge >= 0.3 is 0 Å². The summed E-state index contributed by atoms with van der Waals surface area (Å²) in [5, 5.41) is 1.42. The minimum atomic E-state index is 0.684. The Kier molecular flexibility index (Phi) is 7.29. The van der Waals surface area contributed by atoms with E-state index >= 15 is 0 Å². The molecule has 0 aliphatic heterocycles. The number of halogens is 3. The lowest BCUT2D eigenvalue weighted by Gasteiger charge is -2.17. The van der Waals surface area contributed by atoms with Crippen molar-refractivity contribution in [2.75, 3.05) is 19.5 Å². The first-order valence-corrected chi connectivity index (χ1v) is 7.11. The molecule has 0 aliphatic rings. The molecular weight excluding hydrogens is 277 g/mol. The highest BCUT2D eigenvalue weighted by atomic mass is 35.5. The van der Waals surface area contributed by atoms with Crippen LogP contribution >= 0.6 is 34.8 Å². The van der Waals surface area contributed by atoms with E-state index in [-0.39, 0.29) is 0 Å². The normalized spacial score (nSPS) is 11.1. The minimum absolute atomic E-state index is 0.684. The number of unbranched alkanes of at least 4 members (excludes halogenated alkanes) is 2. The van der Waals surface area contributed by atoms with E-state index in [0.717, 1.165) is 36.0 Å². The van der Waals surface area contributed by atoms with Crippen molar-refractivity contribution in [3.63, 3.8) is 0 Å². The lowest BCUT2D eigenvalue weighted by atomic mass is 10.2. The Morgan fingerprint density at radius 3 is 2.53 bits per heavy atom. The Morgan fingerprint density at radius 2 is 1.88 bits per heavy atom. The second kappa shape index (κ2) is 8.20. The summed E-state index contributed by atoms with van der Waals surface area (Å²) in [5.74, 6) is 0.757. The molecule has 17 heavy (non-hydrogen) atoms. The molecule has 1 rings (SSSR count). The third kappa shape index (κ3) is 5.96. The minimum Gasteiger partial charge on any atom is -0.302 e. The van der Waals surface area contributed by atoms with Gasteiger partial charge in [-0.05, 0) is 44.1 Å². The standard InChI is InChI=1S/C13H18Cl3N/c1-17(8-4-2-3-7-14)10-11-5-6-12(15)9-13(11)16/h5-6,9H,2-4,7-8,10H2,1H3. The maximum Gasteiger partial charge on any atom is 0.0465 e. The van der Waals surface area contributed by atoms with Crippen molar-refractivity contribution in [1.29, 1.82) is 0 Å². The first kappa shape index (κ1) is 15.1. The third-order valence-electron chi connectivity index (χ3n) is 2.63. The van der Waals surface area contributed by atoms with E-state index in [0.29, 0.717) is 5.02 Å². The van der Waals surface area contributed by atoms with Crippen LogP contribution in [0.5, 0.6) is 0 Å². The topological polar surface area (TPSA) is 3.24 Å². The van der Waals surface area contributed by atoms with Crippen LogP contribution in [0.2, 0.25) is 10.0 Å². The molecule has 96 valence electrons. The lowest BCUT2D eigenvalue weighted by Crippen LogP contribution is -2.19. The van der Waals surface area contributed by atoms with Gasteiger partial charge in [-0.25, -0.2) is 0 Å². The quantitative estimate of drug-likeness (QED) is 0.514. The maximum absolute atomic E-state index is 6.13. The van der Waals surface area contributed by atoms with Gasteiger partial charge in [-0.2, -0.15) is 0 Å². The van der Waals surface area contributed by atoms with Crippen molar-refractivity contribution < 1.29 is 0 Å². The molecule has 0 aromatic heterocycles. The van der Waals surface area contributed by atoms with Gasteiger partial charge in [0.1, 0.15) is 0 Å². The van der Waals surface area contributed by atoms with Crippen molar-refractivity contribution in [3.8, 4) is 0 Å². The predicted molar refractivity (Wildman–Crippen MR) is 77.4 cm³/mol. The lowest BCUT2D eigenvalue weighted by molar-refractivity contribution is 0.318. The summed E-state index contributed by atoms with van der Waals surface area (Å²) in [4.78, 5) is 2.27. The second-order valence-corrected chi connectivity index (χ2v) is 5.44. The van der Waals surface area contributed by atoms with Crippen molar-refractivity contribution in [2.45, 2.75) is 25.8 Å². The third-order valence-corrected chi connectivity index (χ3v) is 3.48. The zero-order valence-electron chi connectivity index (χ0n) is 10.1. The molecule has 0 bridgehead atoms. The molecule has 0 N–H and O–H groups in total. The van der Waals surface area contributed by atoms with Gasteiger partial charge in [-0.15, -0.1) is 11.6 Å². The van der Waals surface area contributed by atoms with Crippen LogP contribution in [0.1, 0.15) is 24.8 Å². The van der Waals surface area contributed by atoms with Crippen LogP contribution < -0.4 is 0 Å². The van der Waals surface area contributed by atoms with Gasteiger partial charge in [0.05, 0.1) is 0 Å². The van der Waals surface area contributed by atoms with Gasteiger partial charge in [-0.1, -0.05) is 35.7 Å². The highest BCUT2D eigenvalue weighted by Crippen LogP contribution is 2.22. The maximum atomic E-state index is 6.13. The molecule has 0 unspecified atom stereocenters. The van der Waals surface area contributed by atoms with Crippen LogP contribution in [0.3, 0.4) is 0 Å². The van der Waals surface area contributed by atoms with Gasteiger partial charge in [-0.3, -0.25) is 0 Å². The smallest absolute Gasteiger partial charge is 0.0465 e. The number of benzene rings is 1. The van der Waals surface area contributed by atoms with E-state index in [1.165, 1.54) is 12.8 Å². The molecular formula is C13H18Cl3N. The zero-order valence-corrected chi connectivity index (χ0v) is 12.3. The van der Waals surface area contributed by atoms with Crippen molar-refractivity contribution in [1.82, 2.24) is 4.90 Å². The van der Waals surface area contributed by atoms with Gasteiger partial charge in [0.2, 0.25) is 0 Å². The molecule has 0 atom stereocenters. The Labute approximate surface area is 119 Å². The van der Waals surface area contributed by atoms with Gasteiger partial charge in [0.15, 0.2) is 0 Å². The molecule has 0 saturated heterocycles. The van der Waals surface area contributed by atoms with Crippen molar-refractivity contribution in [2.24, 2.45) is 0 Å². The van der Waals surface area contributed by atoms with E-state index in [1.807, 2.05) is 12.1 Å². The summed E-state index contributed by atoms with van der Waals surface area (Å²) in [7, 11) is 2.10. The Morgan fingerprint density at radius 1 is 1.12 bits per heavy atom. The van der Waals surface area contributed by atoms with Gasteiger partial charge < -0.3 is 4.90 Å². The molecule has 4 heteroatoms. The van der Waals surface area contributed by atoms with Crippen LogP contribution in [-0.4, -0.2) is 24.4 Å². The predicted octanol–water partition coefficient (Wildman–Crippen LogP) is 4.83. The first-order chi connectivity index (χ1) is 8.13. The van der Waals surface area contributed by atoms with Crippen LogP contribution in [-0.2, 0) is 6.54 Å². The molecule has 0 amide bonds. The summed E-state index contributed by atoms with van der Waals surface area (Å²) in [5.41, 5.74) is 1.12. The van der Waals surface area contributed by atoms with Crippen LogP contribution in [0, 0.1) is 0 Å². The SMILES string of the molecule is CN(CCCCCCl)Cc1ccc(Cl)cc1Cl. The summed E-state index contributed by atoms with van der Waals surface area (Å²) < 4.78 is 0. The van der Waals surface area contributed by atoms with Gasteiger partial charge in [0.25, 0.3) is 0 Å². The largest absolute Gasteiger partial charge is 0.302 e.